The average molecular weight is 1220 g/mol. The topological polar surface area (TPSA) is 43.6 Å². The summed E-state index contributed by atoms with van der Waals surface area (Å²) in [6.45, 7) is 0. The molecule has 0 fully saturated rings. The Morgan fingerprint density at radius 3 is 1.04 bits per heavy atom. The molecule has 0 atom stereocenters. The average Bonchev–Trinajstić information content (AvgIpc) is 1.64. The van der Waals surface area contributed by atoms with Gasteiger partial charge in [-0.1, -0.05) is 297 Å². The van der Waals surface area contributed by atoms with E-state index in [1.165, 1.54) is 139 Å². The SMILES string of the molecule is c1cc(-c2ccc3c4ccccc4c4ccccc4c3c2)c2sc3c(-n4c5ccccc5c5ccccc54)cccc3c2c1.c1ccc(-c2ccc(-c3cccc4c3sc3c(-c5cccc(-c6nc(-c7ccccc7)nc(-c7ccccc7)n6)c5)cccc34)cc2)cc1. The Balaban J connectivity index is 0.000000138. The lowest BCUT2D eigenvalue weighted by molar-refractivity contribution is 1.07. The molecule has 0 aliphatic carbocycles. The minimum absolute atomic E-state index is 0.652. The molecule has 19 rings (SSSR count). The van der Waals surface area contributed by atoms with Crippen LogP contribution in [0.15, 0.2) is 328 Å². The van der Waals surface area contributed by atoms with Gasteiger partial charge in [0.2, 0.25) is 0 Å². The smallest absolute Gasteiger partial charge is 0.164 e. The Bertz CT molecular complexity index is 5960. The first-order valence-electron chi connectivity index (χ1n) is 31.5. The standard InChI is InChI=1S/C45H29N3S.C42H25NS/c1-4-13-30(14-5-1)31-25-27-32(28-26-31)37-21-11-23-39-40-24-12-22-38(42(40)49-41(37)39)35-19-10-20-36(29-35)45-47-43(33-15-6-2-7-16-33)46-44(48-45)34-17-8-3-9-18-34;1-2-13-30-28(11-1)29-12-3-4-14-31(29)37-25-26(23-24-32(30)37)27-17-9-18-35-36-19-10-22-40(42(36)44-41(27)35)43-38-20-7-5-15-33(38)34-16-6-8-21-39(34)43/h1-29H;1-25H. The fourth-order valence-electron chi connectivity index (χ4n) is 14.0. The molecule has 0 saturated carbocycles. The number of thiophene rings is 2. The quantitative estimate of drug-likeness (QED) is 0.142. The van der Waals surface area contributed by atoms with Crippen molar-refractivity contribution in [2.24, 2.45) is 0 Å². The zero-order chi connectivity index (χ0) is 61.3. The van der Waals surface area contributed by atoms with Crippen molar-refractivity contribution in [1.29, 1.82) is 0 Å². The zero-order valence-electron chi connectivity index (χ0n) is 50.3. The van der Waals surface area contributed by atoms with Crippen LogP contribution in [0.2, 0.25) is 0 Å². The van der Waals surface area contributed by atoms with Crippen molar-refractivity contribution in [1.82, 2.24) is 19.5 Å². The molecule has 0 aliphatic heterocycles. The molecule has 4 aromatic heterocycles. The predicted octanol–water partition coefficient (Wildman–Crippen LogP) is 24.5. The van der Waals surface area contributed by atoms with E-state index in [0.717, 1.165) is 22.3 Å². The highest BCUT2D eigenvalue weighted by Crippen LogP contribution is 2.47. The van der Waals surface area contributed by atoms with Gasteiger partial charge in [0.05, 0.1) is 21.4 Å². The van der Waals surface area contributed by atoms with Gasteiger partial charge in [-0.05, 0) is 107 Å². The van der Waals surface area contributed by atoms with Gasteiger partial charge in [-0.3, -0.25) is 0 Å². The second-order valence-electron chi connectivity index (χ2n) is 23.7. The van der Waals surface area contributed by atoms with Crippen LogP contribution >= 0.6 is 22.7 Å². The normalized spacial score (nSPS) is 11.7. The van der Waals surface area contributed by atoms with E-state index in [4.69, 9.17) is 15.0 Å². The Hall–Kier alpha value is -11.7. The maximum Gasteiger partial charge on any atom is 0.164 e. The Labute approximate surface area is 544 Å². The highest BCUT2D eigenvalue weighted by molar-refractivity contribution is 7.27. The van der Waals surface area contributed by atoms with Gasteiger partial charge in [-0.2, -0.15) is 0 Å². The lowest BCUT2D eigenvalue weighted by Gasteiger charge is -2.12. The molecule has 15 aromatic carbocycles. The number of aromatic nitrogens is 4. The van der Waals surface area contributed by atoms with E-state index < -0.39 is 0 Å². The summed E-state index contributed by atoms with van der Waals surface area (Å²) in [5, 5.41) is 15.6. The van der Waals surface area contributed by atoms with Crippen molar-refractivity contribution in [3.05, 3.63) is 328 Å². The van der Waals surface area contributed by atoms with Gasteiger partial charge >= 0.3 is 0 Å². The van der Waals surface area contributed by atoms with Crippen LogP contribution in [0.1, 0.15) is 0 Å². The lowest BCUT2D eigenvalue weighted by atomic mass is 9.92. The van der Waals surface area contributed by atoms with Crippen molar-refractivity contribution < 1.29 is 0 Å². The molecule has 0 unspecified atom stereocenters. The van der Waals surface area contributed by atoms with Crippen molar-refractivity contribution >= 4 is 117 Å². The highest BCUT2D eigenvalue weighted by atomic mass is 32.1. The molecule has 19 aromatic rings. The molecule has 0 bridgehead atoms. The summed E-state index contributed by atoms with van der Waals surface area (Å²) in [6.07, 6.45) is 0. The van der Waals surface area contributed by atoms with Crippen LogP contribution in [0.25, 0.3) is 179 Å². The number of para-hydroxylation sites is 2. The first-order valence-corrected chi connectivity index (χ1v) is 33.1. The van der Waals surface area contributed by atoms with Gasteiger partial charge < -0.3 is 4.57 Å². The molecule has 0 amide bonds. The largest absolute Gasteiger partial charge is 0.308 e. The molecule has 4 nitrogen and oxygen atoms in total. The molecule has 0 N–H and O–H groups in total. The van der Waals surface area contributed by atoms with Crippen LogP contribution in [0.3, 0.4) is 0 Å². The second-order valence-corrected chi connectivity index (χ2v) is 25.7. The number of hydrogen-bond acceptors (Lipinski definition) is 5. The van der Waals surface area contributed by atoms with E-state index in [1.807, 2.05) is 83.3 Å². The van der Waals surface area contributed by atoms with E-state index >= 15 is 0 Å². The van der Waals surface area contributed by atoms with E-state index in [9.17, 15) is 0 Å². The summed E-state index contributed by atoms with van der Waals surface area (Å²) in [7, 11) is 0. The first kappa shape index (κ1) is 54.3. The van der Waals surface area contributed by atoms with Gasteiger partial charge in [-0.15, -0.1) is 22.7 Å². The zero-order valence-corrected chi connectivity index (χ0v) is 51.9. The highest BCUT2D eigenvalue weighted by Gasteiger charge is 2.21. The third kappa shape index (κ3) is 9.37. The summed E-state index contributed by atoms with van der Waals surface area (Å²) in [5.41, 5.74) is 16.4. The van der Waals surface area contributed by atoms with Crippen LogP contribution in [-0.2, 0) is 0 Å². The van der Waals surface area contributed by atoms with Crippen LogP contribution in [0.4, 0.5) is 0 Å². The van der Waals surface area contributed by atoms with Crippen molar-refractivity contribution in [2.75, 3.05) is 0 Å². The van der Waals surface area contributed by atoms with Crippen LogP contribution < -0.4 is 0 Å². The predicted molar refractivity (Wildman–Crippen MR) is 397 cm³/mol. The minimum atomic E-state index is 0.652. The van der Waals surface area contributed by atoms with Gasteiger partial charge in [0, 0.05) is 63.1 Å². The summed E-state index contributed by atoms with van der Waals surface area (Å²) in [6, 6.07) is 117. The fraction of sp³-hybridized carbons (Fsp3) is 0. The van der Waals surface area contributed by atoms with Crippen molar-refractivity contribution in [2.45, 2.75) is 0 Å². The van der Waals surface area contributed by atoms with E-state index in [2.05, 4.69) is 271 Å². The number of fused-ring (bicyclic) bond motifs is 15. The van der Waals surface area contributed by atoms with Crippen LogP contribution in [0, 0.1) is 0 Å². The molecule has 93 heavy (non-hydrogen) atoms. The van der Waals surface area contributed by atoms with Gasteiger partial charge in [-0.25, -0.2) is 15.0 Å². The summed E-state index contributed by atoms with van der Waals surface area (Å²) >= 11 is 3.78. The Morgan fingerprint density at radius 2 is 0.516 bits per heavy atom. The Kier molecular flexibility index (Phi) is 13.2. The summed E-state index contributed by atoms with van der Waals surface area (Å²) in [5.74, 6) is 1.97. The first-order chi connectivity index (χ1) is 46.1. The molecule has 0 radical (unpaired) electrons. The van der Waals surface area contributed by atoms with Gasteiger partial charge in [0.15, 0.2) is 17.5 Å². The Morgan fingerprint density at radius 1 is 0.194 bits per heavy atom. The van der Waals surface area contributed by atoms with E-state index in [0.29, 0.717) is 17.5 Å². The molecule has 4 heterocycles. The maximum absolute atomic E-state index is 4.98. The fourth-order valence-corrected chi connectivity index (χ4v) is 16.7. The van der Waals surface area contributed by atoms with Gasteiger partial charge in [0.1, 0.15) is 0 Å². The van der Waals surface area contributed by atoms with Crippen molar-refractivity contribution in [3.63, 3.8) is 0 Å². The molecular formula is C87H54N4S2. The molecule has 0 saturated heterocycles. The number of nitrogens with zero attached hydrogens (tertiary/aromatic N) is 4. The maximum atomic E-state index is 4.98. The van der Waals surface area contributed by atoms with E-state index in [1.54, 1.807) is 0 Å². The van der Waals surface area contributed by atoms with Crippen molar-refractivity contribution in [3.8, 4) is 84.4 Å². The molecule has 0 aliphatic rings. The molecular weight excluding hydrogens is 1170 g/mol. The molecule has 0 spiro atoms. The summed E-state index contributed by atoms with van der Waals surface area (Å²) < 4.78 is 7.67. The second kappa shape index (κ2) is 22.7. The lowest BCUT2D eigenvalue weighted by Crippen LogP contribution is -2.00. The summed E-state index contributed by atoms with van der Waals surface area (Å²) in [4.78, 5) is 14.8. The third-order valence-corrected chi connectivity index (χ3v) is 20.9. The minimum Gasteiger partial charge on any atom is -0.308 e. The monoisotopic (exact) mass is 1220 g/mol. The molecule has 434 valence electrons. The number of rotatable bonds is 8. The van der Waals surface area contributed by atoms with E-state index in [-0.39, 0.29) is 0 Å². The number of hydrogen-bond donors (Lipinski definition) is 0. The number of benzene rings is 15. The van der Waals surface area contributed by atoms with Crippen LogP contribution in [0.5, 0.6) is 0 Å². The third-order valence-electron chi connectivity index (χ3n) is 18.3. The van der Waals surface area contributed by atoms with Crippen LogP contribution in [-0.4, -0.2) is 19.5 Å². The van der Waals surface area contributed by atoms with Gasteiger partial charge in [0.25, 0.3) is 0 Å². The molecule has 6 heteroatoms.